The van der Waals surface area contributed by atoms with E-state index in [0.29, 0.717) is 20.3 Å². The number of thiophene rings is 1. The quantitative estimate of drug-likeness (QED) is 0.724. The van der Waals surface area contributed by atoms with Crippen molar-refractivity contribution in [2.75, 3.05) is 0 Å². The molecule has 0 atom stereocenters. The van der Waals surface area contributed by atoms with Gasteiger partial charge in [-0.25, -0.2) is 4.79 Å². The maximum atomic E-state index is 11.9. The number of H-pyrrole nitrogens is 2. The first kappa shape index (κ1) is 12.5. The molecule has 7 heteroatoms. The second-order valence-corrected chi connectivity index (χ2v) is 5.58. The number of benzene rings is 1. The highest BCUT2D eigenvalue weighted by Gasteiger charge is 2.12. The molecule has 4 nitrogen and oxygen atoms in total. The molecule has 0 radical (unpaired) electrons. The summed E-state index contributed by atoms with van der Waals surface area (Å²) in [5.41, 5.74) is 0.565. The summed E-state index contributed by atoms with van der Waals surface area (Å²) < 4.78 is 0. The number of rotatable bonds is 1. The molecule has 3 aromatic rings. The van der Waals surface area contributed by atoms with Gasteiger partial charge in [0.05, 0.1) is 15.4 Å². The van der Waals surface area contributed by atoms with Gasteiger partial charge in [0.15, 0.2) is 0 Å². The van der Waals surface area contributed by atoms with E-state index in [2.05, 4.69) is 9.97 Å². The van der Waals surface area contributed by atoms with Crippen LogP contribution in [0.5, 0.6) is 0 Å². The van der Waals surface area contributed by atoms with E-state index in [1.54, 1.807) is 23.6 Å². The van der Waals surface area contributed by atoms with E-state index >= 15 is 0 Å². The lowest BCUT2D eigenvalue weighted by Gasteiger charge is -2.01. The molecule has 96 valence electrons. The average molecular weight is 313 g/mol. The van der Waals surface area contributed by atoms with Crippen molar-refractivity contribution in [3.63, 3.8) is 0 Å². The summed E-state index contributed by atoms with van der Waals surface area (Å²) in [5, 5.41) is 3.12. The standard InChI is InChI=1S/C12H6Cl2N2O2S/c13-7-2-1-5(3-8(7)14)6-4-19-11-9(6)10(17)15-12(18)16-11/h1-4H,(H2,15,16,17,18). The molecule has 0 fully saturated rings. The van der Waals surface area contributed by atoms with Crippen LogP contribution in [0.2, 0.25) is 10.0 Å². The van der Waals surface area contributed by atoms with E-state index in [9.17, 15) is 9.59 Å². The molecule has 3 rings (SSSR count). The Labute approximate surface area is 120 Å². The van der Waals surface area contributed by atoms with Crippen molar-refractivity contribution in [3.8, 4) is 11.1 Å². The lowest BCUT2D eigenvalue weighted by atomic mass is 10.1. The number of hydrogen-bond donors (Lipinski definition) is 2. The lowest BCUT2D eigenvalue weighted by molar-refractivity contribution is 1.09. The van der Waals surface area contributed by atoms with Crippen LogP contribution >= 0.6 is 34.5 Å². The van der Waals surface area contributed by atoms with Crippen molar-refractivity contribution in [1.29, 1.82) is 0 Å². The SMILES string of the molecule is O=c1[nH]c(=O)c2c(-c3ccc(Cl)c(Cl)c3)csc2[nH]1. The van der Waals surface area contributed by atoms with Crippen LogP contribution in [-0.2, 0) is 0 Å². The minimum atomic E-state index is -0.514. The predicted octanol–water partition coefficient (Wildman–Crippen LogP) is 3.25. The van der Waals surface area contributed by atoms with E-state index in [0.717, 1.165) is 11.1 Å². The number of halogens is 2. The molecule has 0 amide bonds. The Balaban J connectivity index is 2.34. The van der Waals surface area contributed by atoms with Crippen molar-refractivity contribution in [3.05, 3.63) is 54.5 Å². The molecule has 0 aliphatic rings. The molecule has 0 spiro atoms. The highest BCUT2D eigenvalue weighted by atomic mass is 35.5. The van der Waals surface area contributed by atoms with Crippen LogP contribution in [0, 0.1) is 0 Å². The molecule has 0 saturated heterocycles. The second-order valence-electron chi connectivity index (χ2n) is 3.89. The zero-order chi connectivity index (χ0) is 13.6. The van der Waals surface area contributed by atoms with Gasteiger partial charge in [-0.1, -0.05) is 29.3 Å². The molecular weight excluding hydrogens is 307 g/mol. The number of aromatic nitrogens is 2. The molecule has 0 aliphatic heterocycles. The molecule has 0 saturated carbocycles. The van der Waals surface area contributed by atoms with Crippen molar-refractivity contribution < 1.29 is 0 Å². The molecular formula is C12H6Cl2N2O2S. The van der Waals surface area contributed by atoms with Crippen LogP contribution in [0.15, 0.2) is 33.2 Å². The van der Waals surface area contributed by atoms with Gasteiger partial charge in [-0.3, -0.25) is 14.8 Å². The monoisotopic (exact) mass is 312 g/mol. The summed E-state index contributed by atoms with van der Waals surface area (Å²) in [5.74, 6) is 0. The molecule has 19 heavy (non-hydrogen) atoms. The third kappa shape index (κ3) is 2.10. The number of nitrogens with one attached hydrogen (secondary N) is 2. The van der Waals surface area contributed by atoms with Gasteiger partial charge in [0, 0.05) is 10.9 Å². The van der Waals surface area contributed by atoms with E-state index in [1.807, 2.05) is 0 Å². The third-order valence-corrected chi connectivity index (χ3v) is 4.34. The topological polar surface area (TPSA) is 65.7 Å². The fourth-order valence-corrected chi connectivity index (χ4v) is 3.11. The van der Waals surface area contributed by atoms with E-state index in [1.165, 1.54) is 11.3 Å². The largest absolute Gasteiger partial charge is 0.326 e. The molecule has 0 unspecified atom stereocenters. The van der Waals surface area contributed by atoms with Crippen molar-refractivity contribution in [2.24, 2.45) is 0 Å². The predicted molar refractivity (Wildman–Crippen MR) is 78.5 cm³/mol. The fourth-order valence-electron chi connectivity index (χ4n) is 1.85. The molecule has 2 N–H and O–H groups in total. The molecule has 0 aliphatic carbocycles. The van der Waals surface area contributed by atoms with Gasteiger partial charge in [0.2, 0.25) is 0 Å². The Morgan fingerprint density at radius 1 is 1.05 bits per heavy atom. The summed E-state index contributed by atoms with van der Waals surface area (Å²) in [6.45, 7) is 0. The Bertz CT molecular complexity index is 895. The van der Waals surface area contributed by atoms with Crippen LogP contribution < -0.4 is 11.2 Å². The van der Waals surface area contributed by atoms with Gasteiger partial charge in [0.1, 0.15) is 4.83 Å². The zero-order valence-corrected chi connectivity index (χ0v) is 11.6. The second kappa shape index (κ2) is 4.52. The number of aromatic amines is 2. The number of fused-ring (bicyclic) bond motifs is 1. The van der Waals surface area contributed by atoms with Gasteiger partial charge in [-0.15, -0.1) is 11.3 Å². The van der Waals surface area contributed by atoms with Gasteiger partial charge >= 0.3 is 5.69 Å². The molecule has 2 heterocycles. The summed E-state index contributed by atoms with van der Waals surface area (Å²) >= 11 is 13.1. The summed E-state index contributed by atoms with van der Waals surface area (Å²) in [6, 6.07) is 5.14. The Morgan fingerprint density at radius 3 is 2.58 bits per heavy atom. The maximum absolute atomic E-state index is 11.9. The minimum Gasteiger partial charge on any atom is -0.298 e. The highest BCUT2D eigenvalue weighted by molar-refractivity contribution is 7.17. The van der Waals surface area contributed by atoms with Crippen molar-refractivity contribution >= 4 is 44.8 Å². The van der Waals surface area contributed by atoms with Crippen LogP contribution in [0.25, 0.3) is 21.3 Å². The van der Waals surface area contributed by atoms with E-state index < -0.39 is 11.2 Å². The minimum absolute atomic E-state index is 0.416. The Kier molecular flexibility index (Phi) is 2.97. The van der Waals surface area contributed by atoms with Crippen LogP contribution in [-0.4, -0.2) is 9.97 Å². The fraction of sp³-hybridized carbons (Fsp3) is 0. The zero-order valence-electron chi connectivity index (χ0n) is 9.29. The highest BCUT2D eigenvalue weighted by Crippen LogP contribution is 2.33. The van der Waals surface area contributed by atoms with Crippen LogP contribution in [0.4, 0.5) is 0 Å². The van der Waals surface area contributed by atoms with Gasteiger partial charge in [0.25, 0.3) is 5.56 Å². The smallest absolute Gasteiger partial charge is 0.298 e. The van der Waals surface area contributed by atoms with Gasteiger partial charge < -0.3 is 0 Å². The summed E-state index contributed by atoms with van der Waals surface area (Å²) in [4.78, 5) is 28.4. The Morgan fingerprint density at radius 2 is 1.84 bits per heavy atom. The third-order valence-electron chi connectivity index (χ3n) is 2.70. The average Bonchev–Trinajstić information content (AvgIpc) is 2.76. The first-order valence-electron chi connectivity index (χ1n) is 5.25. The summed E-state index contributed by atoms with van der Waals surface area (Å²) in [6.07, 6.45) is 0. The summed E-state index contributed by atoms with van der Waals surface area (Å²) in [7, 11) is 0. The molecule has 2 aromatic heterocycles. The van der Waals surface area contributed by atoms with E-state index in [4.69, 9.17) is 23.2 Å². The van der Waals surface area contributed by atoms with Gasteiger partial charge in [-0.05, 0) is 17.7 Å². The molecule has 1 aromatic carbocycles. The van der Waals surface area contributed by atoms with Crippen LogP contribution in [0.3, 0.4) is 0 Å². The van der Waals surface area contributed by atoms with Crippen molar-refractivity contribution in [1.82, 2.24) is 9.97 Å². The van der Waals surface area contributed by atoms with Crippen LogP contribution in [0.1, 0.15) is 0 Å². The normalized spacial score (nSPS) is 11.1. The number of hydrogen-bond acceptors (Lipinski definition) is 3. The lowest BCUT2D eigenvalue weighted by Crippen LogP contribution is -2.21. The molecule has 0 bridgehead atoms. The Hall–Kier alpha value is -1.56. The first-order valence-corrected chi connectivity index (χ1v) is 6.89. The van der Waals surface area contributed by atoms with Crippen molar-refractivity contribution in [2.45, 2.75) is 0 Å². The first-order chi connectivity index (χ1) is 9.06. The van der Waals surface area contributed by atoms with E-state index in [-0.39, 0.29) is 0 Å². The maximum Gasteiger partial charge on any atom is 0.326 e. The van der Waals surface area contributed by atoms with Gasteiger partial charge in [-0.2, -0.15) is 0 Å².